The molecule has 3 aromatic rings. The second kappa shape index (κ2) is 9.62. The molecule has 1 aliphatic heterocycles. The molecule has 1 aromatic heterocycles. The van der Waals surface area contributed by atoms with E-state index in [1.54, 1.807) is 6.07 Å². The molecule has 0 radical (unpaired) electrons. The van der Waals surface area contributed by atoms with Crippen LogP contribution in [0.3, 0.4) is 0 Å². The Morgan fingerprint density at radius 3 is 2.54 bits per heavy atom. The van der Waals surface area contributed by atoms with Crippen LogP contribution < -0.4 is 11.1 Å². The van der Waals surface area contributed by atoms with Gasteiger partial charge < -0.3 is 9.73 Å². The van der Waals surface area contributed by atoms with Crippen LogP contribution in [0.25, 0.3) is 11.1 Å². The molecule has 8 nitrogen and oxygen atoms in total. The Hall–Kier alpha value is -2.91. The number of carbonyl (C=O) groups is 1. The minimum atomic E-state index is -3.61. The van der Waals surface area contributed by atoms with E-state index in [9.17, 15) is 18.0 Å². The highest BCUT2D eigenvalue weighted by molar-refractivity contribution is 7.89. The van der Waals surface area contributed by atoms with Crippen molar-refractivity contribution in [1.82, 2.24) is 14.2 Å². The fraction of sp³-hybridized carbons (Fsp3) is 0.462. The summed E-state index contributed by atoms with van der Waals surface area (Å²) in [6.07, 6.45) is 6.45. The van der Waals surface area contributed by atoms with Crippen LogP contribution in [0.15, 0.2) is 50.5 Å². The predicted molar refractivity (Wildman–Crippen MR) is 133 cm³/mol. The second-order valence-corrected chi connectivity index (χ2v) is 11.5. The third-order valence-electron chi connectivity index (χ3n) is 7.16. The van der Waals surface area contributed by atoms with E-state index in [0.717, 1.165) is 31.2 Å². The van der Waals surface area contributed by atoms with E-state index in [1.807, 2.05) is 6.92 Å². The molecule has 1 N–H and O–H groups in total. The fourth-order valence-electron chi connectivity index (χ4n) is 5.13. The van der Waals surface area contributed by atoms with Gasteiger partial charge in [-0.2, -0.15) is 4.31 Å². The van der Waals surface area contributed by atoms with Gasteiger partial charge >= 0.3 is 5.76 Å². The Bertz CT molecular complexity index is 1420. The molecule has 1 aliphatic carbocycles. The van der Waals surface area contributed by atoms with E-state index >= 15 is 0 Å². The van der Waals surface area contributed by atoms with Crippen molar-refractivity contribution >= 4 is 27.0 Å². The summed E-state index contributed by atoms with van der Waals surface area (Å²) in [4.78, 5) is 25.2. The van der Waals surface area contributed by atoms with Gasteiger partial charge in [0.2, 0.25) is 15.9 Å². The number of sulfonamides is 1. The van der Waals surface area contributed by atoms with Crippen molar-refractivity contribution in [3.8, 4) is 0 Å². The normalized spacial score (nSPS) is 17.4. The summed E-state index contributed by atoms with van der Waals surface area (Å²) < 4.78 is 33.8. The quantitative estimate of drug-likeness (QED) is 0.538. The molecule has 1 saturated heterocycles. The van der Waals surface area contributed by atoms with Gasteiger partial charge in [0.05, 0.1) is 16.5 Å². The molecule has 1 amide bonds. The Balaban J connectivity index is 1.26. The Labute approximate surface area is 205 Å². The summed E-state index contributed by atoms with van der Waals surface area (Å²) in [6.45, 7) is 3.12. The van der Waals surface area contributed by atoms with Gasteiger partial charge in [-0.15, -0.1) is 0 Å². The van der Waals surface area contributed by atoms with Crippen molar-refractivity contribution in [2.75, 3.05) is 13.1 Å². The van der Waals surface area contributed by atoms with Crippen LogP contribution in [0.5, 0.6) is 0 Å². The number of hydrogen-bond donors (Lipinski definition) is 1. The van der Waals surface area contributed by atoms with Gasteiger partial charge in [0.25, 0.3) is 0 Å². The van der Waals surface area contributed by atoms with Gasteiger partial charge in [-0.3, -0.25) is 9.36 Å². The lowest BCUT2D eigenvalue weighted by Crippen LogP contribution is -2.28. The fourth-order valence-corrected chi connectivity index (χ4v) is 6.66. The maximum Gasteiger partial charge on any atom is 0.419 e. The number of amides is 1. The summed E-state index contributed by atoms with van der Waals surface area (Å²) in [7, 11) is -3.61. The molecule has 0 saturated carbocycles. The van der Waals surface area contributed by atoms with Crippen LogP contribution in [-0.2, 0) is 34.2 Å². The number of aryl methyl sites for hydroxylation is 3. The Morgan fingerprint density at radius 2 is 1.77 bits per heavy atom. The number of hydrogen-bond acceptors (Lipinski definition) is 5. The highest BCUT2D eigenvalue weighted by Gasteiger charge is 2.28. The molecule has 35 heavy (non-hydrogen) atoms. The molecule has 0 spiro atoms. The number of carbonyl (C=O) groups excluding carboxylic acids is 1. The summed E-state index contributed by atoms with van der Waals surface area (Å²) in [5.74, 6) is -0.768. The van der Waals surface area contributed by atoms with E-state index in [0.29, 0.717) is 18.6 Å². The molecule has 9 heteroatoms. The molecule has 2 heterocycles. The van der Waals surface area contributed by atoms with Crippen LogP contribution in [0.2, 0.25) is 0 Å². The van der Waals surface area contributed by atoms with Gasteiger partial charge in [-0.1, -0.05) is 18.2 Å². The lowest BCUT2D eigenvalue weighted by atomic mass is 9.89. The first-order chi connectivity index (χ1) is 16.8. The number of aromatic nitrogens is 1. The van der Waals surface area contributed by atoms with Crippen molar-refractivity contribution in [3.05, 3.63) is 63.6 Å². The van der Waals surface area contributed by atoms with Crippen LogP contribution in [0.1, 0.15) is 61.8 Å². The minimum absolute atomic E-state index is 0.109. The monoisotopic (exact) mass is 497 g/mol. The zero-order valence-corrected chi connectivity index (χ0v) is 20.8. The lowest BCUT2D eigenvalue weighted by molar-refractivity contribution is -0.121. The van der Waals surface area contributed by atoms with E-state index in [2.05, 4.69) is 23.5 Å². The highest BCUT2D eigenvalue weighted by Crippen LogP contribution is 2.26. The van der Waals surface area contributed by atoms with Crippen molar-refractivity contribution in [3.63, 3.8) is 0 Å². The molecule has 5 rings (SSSR count). The molecule has 2 aromatic carbocycles. The number of nitrogens with zero attached hydrogens (tertiary/aromatic N) is 2. The van der Waals surface area contributed by atoms with Crippen molar-refractivity contribution in [1.29, 1.82) is 0 Å². The summed E-state index contributed by atoms with van der Waals surface area (Å²) in [6, 6.07) is 10.8. The summed E-state index contributed by atoms with van der Waals surface area (Å²) in [5, 5.41) is 3.02. The molecule has 0 unspecified atom stereocenters. The van der Waals surface area contributed by atoms with Crippen molar-refractivity contribution < 1.29 is 17.6 Å². The van der Waals surface area contributed by atoms with E-state index in [-0.39, 0.29) is 35.4 Å². The van der Waals surface area contributed by atoms with Crippen molar-refractivity contribution in [2.45, 2.75) is 69.4 Å². The number of benzene rings is 2. The van der Waals surface area contributed by atoms with E-state index in [1.165, 1.54) is 45.0 Å². The highest BCUT2D eigenvalue weighted by atomic mass is 32.2. The lowest BCUT2D eigenvalue weighted by Gasteiger charge is -2.20. The van der Waals surface area contributed by atoms with E-state index < -0.39 is 15.8 Å². The predicted octanol–water partition coefficient (Wildman–Crippen LogP) is 3.53. The molecule has 0 bridgehead atoms. The van der Waals surface area contributed by atoms with Gasteiger partial charge in [0, 0.05) is 32.1 Å². The SMILES string of the molecule is C[C@H](NC(=O)CCn1c(=O)oc2cc(S(=O)(=O)N3CCCC3)ccc21)c1ccc2c(c1)CCCC2. The zero-order chi connectivity index (χ0) is 24.6. The third-order valence-corrected chi connectivity index (χ3v) is 9.05. The maximum absolute atomic E-state index is 12.8. The third kappa shape index (κ3) is 4.79. The van der Waals surface area contributed by atoms with E-state index in [4.69, 9.17) is 4.42 Å². The van der Waals surface area contributed by atoms with Crippen LogP contribution in [0, 0.1) is 0 Å². The zero-order valence-electron chi connectivity index (χ0n) is 20.0. The van der Waals surface area contributed by atoms with Gasteiger partial charge in [0.15, 0.2) is 5.58 Å². The van der Waals surface area contributed by atoms with Crippen LogP contribution in [0.4, 0.5) is 0 Å². The largest absolute Gasteiger partial charge is 0.419 e. The Kier molecular flexibility index (Phi) is 6.55. The van der Waals surface area contributed by atoms with Gasteiger partial charge in [-0.05, 0) is 74.3 Å². The van der Waals surface area contributed by atoms with Crippen LogP contribution in [-0.4, -0.2) is 36.3 Å². The van der Waals surface area contributed by atoms with Gasteiger partial charge in [0.1, 0.15) is 0 Å². The average Bonchev–Trinajstić information content (AvgIpc) is 3.50. The number of nitrogens with one attached hydrogen (secondary N) is 1. The molecule has 186 valence electrons. The number of fused-ring (bicyclic) bond motifs is 2. The molecule has 2 aliphatic rings. The number of rotatable bonds is 7. The molecule has 1 atom stereocenters. The molecular weight excluding hydrogens is 466 g/mol. The van der Waals surface area contributed by atoms with Crippen molar-refractivity contribution in [2.24, 2.45) is 0 Å². The second-order valence-electron chi connectivity index (χ2n) is 9.53. The molecular formula is C26H31N3O5S. The van der Waals surface area contributed by atoms with Gasteiger partial charge in [-0.25, -0.2) is 13.2 Å². The minimum Gasteiger partial charge on any atom is -0.408 e. The average molecular weight is 498 g/mol. The maximum atomic E-state index is 12.8. The topological polar surface area (TPSA) is 102 Å². The first-order valence-electron chi connectivity index (χ1n) is 12.4. The van der Waals surface area contributed by atoms with Crippen LogP contribution >= 0.6 is 0 Å². The summed E-state index contributed by atoms with van der Waals surface area (Å²) in [5.41, 5.74) is 4.54. The summed E-state index contributed by atoms with van der Waals surface area (Å²) >= 11 is 0. The number of oxazole rings is 1. The molecule has 1 fully saturated rings. The smallest absolute Gasteiger partial charge is 0.408 e. The Morgan fingerprint density at radius 1 is 1.03 bits per heavy atom. The first-order valence-corrected chi connectivity index (χ1v) is 13.8. The standard InChI is InChI=1S/C26H31N3O5S/c1-18(20-9-8-19-6-2-3-7-21(19)16-20)27-25(30)12-15-29-23-11-10-22(17-24(23)34-26(29)31)35(32,33)28-13-4-5-14-28/h8-11,16-18H,2-7,12-15H2,1H3,(H,27,30)/t18-/m0/s1. The first kappa shape index (κ1) is 23.8.